The molecule has 1 nitrogen and oxygen atoms in total. The molecule has 2 N–H and O–H groups in total. The third-order valence-electron chi connectivity index (χ3n) is 2.16. The molecule has 0 aliphatic rings. The van der Waals surface area contributed by atoms with Crippen LogP contribution in [0.1, 0.15) is 24.1 Å². The van der Waals surface area contributed by atoms with E-state index in [1.54, 1.807) is 6.92 Å². The van der Waals surface area contributed by atoms with E-state index in [4.69, 9.17) is 5.73 Å². The molecule has 0 saturated heterocycles. The summed E-state index contributed by atoms with van der Waals surface area (Å²) in [5, 5.41) is 0. The fraction of sp³-hybridized carbons (Fsp3) is 0.400. The lowest BCUT2D eigenvalue weighted by atomic mass is 10.0. The van der Waals surface area contributed by atoms with Gasteiger partial charge in [-0.15, -0.1) is 12.4 Å². The summed E-state index contributed by atoms with van der Waals surface area (Å²) >= 11 is 0. The van der Waals surface area contributed by atoms with E-state index in [0.717, 1.165) is 12.1 Å². The Balaban J connectivity index is 0.00000256. The van der Waals surface area contributed by atoms with Crippen LogP contribution in [0, 0.1) is 0 Å². The van der Waals surface area contributed by atoms with E-state index in [9.17, 15) is 22.0 Å². The maximum atomic E-state index is 12.8. The summed E-state index contributed by atoms with van der Waals surface area (Å²) in [7, 11) is 0. The number of hydrogen-bond donors (Lipinski definition) is 1. The first kappa shape index (κ1) is 16.1. The van der Waals surface area contributed by atoms with Gasteiger partial charge < -0.3 is 5.73 Å². The van der Waals surface area contributed by atoms with E-state index in [-0.39, 0.29) is 12.4 Å². The molecule has 1 rings (SSSR count). The van der Waals surface area contributed by atoms with E-state index in [0.29, 0.717) is 5.56 Å². The second kappa shape index (κ2) is 5.18. The van der Waals surface area contributed by atoms with Crippen LogP contribution in [0.4, 0.5) is 22.0 Å². The molecule has 0 fully saturated rings. The number of alkyl halides is 5. The Kier molecular flexibility index (Phi) is 4.91. The molecule has 98 valence electrons. The first-order valence-corrected chi connectivity index (χ1v) is 4.47. The van der Waals surface area contributed by atoms with Gasteiger partial charge >= 0.3 is 12.1 Å². The molecule has 1 aromatic carbocycles. The topological polar surface area (TPSA) is 26.0 Å². The zero-order chi connectivity index (χ0) is 12.6. The highest BCUT2D eigenvalue weighted by molar-refractivity contribution is 5.85. The second-order valence-electron chi connectivity index (χ2n) is 3.48. The SMILES string of the molecule is CC(N)c1ccc(C(F)(F)C(F)(F)F)cc1.Cl. The molecule has 17 heavy (non-hydrogen) atoms. The number of benzene rings is 1. The molecule has 0 aliphatic heterocycles. The maximum Gasteiger partial charge on any atom is 0.458 e. The first-order chi connectivity index (χ1) is 7.16. The summed E-state index contributed by atoms with van der Waals surface area (Å²) in [5.41, 5.74) is 4.87. The van der Waals surface area contributed by atoms with Crippen molar-refractivity contribution in [2.45, 2.75) is 25.1 Å². The van der Waals surface area contributed by atoms with E-state index in [1.165, 1.54) is 12.1 Å². The van der Waals surface area contributed by atoms with Crippen molar-refractivity contribution in [1.82, 2.24) is 0 Å². The zero-order valence-corrected chi connectivity index (χ0v) is 9.58. The molecule has 1 unspecified atom stereocenters. The van der Waals surface area contributed by atoms with Crippen LogP contribution in [0.2, 0.25) is 0 Å². The van der Waals surface area contributed by atoms with Gasteiger partial charge in [0.25, 0.3) is 0 Å². The molecule has 0 spiro atoms. The van der Waals surface area contributed by atoms with E-state index >= 15 is 0 Å². The Hall–Kier alpha value is -0.880. The first-order valence-electron chi connectivity index (χ1n) is 4.47. The lowest BCUT2D eigenvalue weighted by molar-refractivity contribution is -0.289. The highest BCUT2D eigenvalue weighted by Crippen LogP contribution is 2.43. The molecule has 0 saturated carbocycles. The lowest BCUT2D eigenvalue weighted by Gasteiger charge is -2.20. The quantitative estimate of drug-likeness (QED) is 0.817. The Morgan fingerprint density at radius 3 is 1.71 bits per heavy atom. The van der Waals surface area contributed by atoms with Gasteiger partial charge in [0.2, 0.25) is 0 Å². The van der Waals surface area contributed by atoms with Gasteiger partial charge in [-0.25, -0.2) is 0 Å². The number of rotatable bonds is 2. The van der Waals surface area contributed by atoms with Gasteiger partial charge in [0.15, 0.2) is 0 Å². The summed E-state index contributed by atoms with van der Waals surface area (Å²) in [6.07, 6.45) is -5.58. The van der Waals surface area contributed by atoms with Crippen molar-refractivity contribution in [3.63, 3.8) is 0 Å². The third-order valence-corrected chi connectivity index (χ3v) is 2.16. The zero-order valence-electron chi connectivity index (χ0n) is 8.76. The number of halogens is 6. The summed E-state index contributed by atoms with van der Waals surface area (Å²) in [6, 6.07) is 3.41. The molecule has 0 heterocycles. The van der Waals surface area contributed by atoms with Gasteiger partial charge in [-0.2, -0.15) is 22.0 Å². The lowest BCUT2D eigenvalue weighted by Crippen LogP contribution is -2.33. The molecular formula is C10H11ClF5N. The minimum atomic E-state index is -5.58. The van der Waals surface area contributed by atoms with Crippen molar-refractivity contribution in [2.24, 2.45) is 5.73 Å². The van der Waals surface area contributed by atoms with Crippen LogP contribution in [0.25, 0.3) is 0 Å². The molecule has 0 radical (unpaired) electrons. The van der Waals surface area contributed by atoms with Gasteiger partial charge in [-0.3, -0.25) is 0 Å². The van der Waals surface area contributed by atoms with Crippen molar-refractivity contribution in [2.75, 3.05) is 0 Å². The average molecular weight is 276 g/mol. The minimum Gasteiger partial charge on any atom is -0.324 e. The van der Waals surface area contributed by atoms with Gasteiger partial charge in [-0.1, -0.05) is 24.3 Å². The molecule has 0 amide bonds. The number of nitrogens with two attached hydrogens (primary N) is 1. The monoisotopic (exact) mass is 275 g/mol. The van der Waals surface area contributed by atoms with E-state index in [1.807, 2.05) is 0 Å². The Labute approximate surface area is 101 Å². The normalized spacial score (nSPS) is 14.1. The Morgan fingerprint density at radius 1 is 1.00 bits per heavy atom. The van der Waals surface area contributed by atoms with E-state index < -0.39 is 23.7 Å². The fourth-order valence-electron chi connectivity index (χ4n) is 1.16. The van der Waals surface area contributed by atoms with Crippen LogP contribution in [-0.2, 0) is 5.92 Å². The predicted molar refractivity (Wildman–Crippen MR) is 56.2 cm³/mol. The molecule has 0 aliphatic carbocycles. The molecule has 7 heteroatoms. The molecular weight excluding hydrogens is 265 g/mol. The molecule has 0 bridgehead atoms. The Morgan fingerprint density at radius 2 is 1.41 bits per heavy atom. The summed E-state index contributed by atoms with van der Waals surface area (Å²) < 4.78 is 61.7. The van der Waals surface area contributed by atoms with Crippen LogP contribution in [-0.4, -0.2) is 6.18 Å². The van der Waals surface area contributed by atoms with Crippen LogP contribution in [0.15, 0.2) is 24.3 Å². The van der Waals surface area contributed by atoms with Crippen LogP contribution in [0.5, 0.6) is 0 Å². The number of hydrogen-bond acceptors (Lipinski definition) is 1. The third kappa shape index (κ3) is 3.29. The van der Waals surface area contributed by atoms with Crippen molar-refractivity contribution in [3.05, 3.63) is 35.4 Å². The predicted octanol–water partition coefficient (Wildman–Crippen LogP) is 3.78. The largest absolute Gasteiger partial charge is 0.458 e. The fourth-order valence-corrected chi connectivity index (χ4v) is 1.16. The summed E-state index contributed by atoms with van der Waals surface area (Å²) in [6.45, 7) is 1.61. The van der Waals surface area contributed by atoms with Crippen molar-refractivity contribution in [3.8, 4) is 0 Å². The maximum absolute atomic E-state index is 12.8. The molecule has 1 atom stereocenters. The van der Waals surface area contributed by atoms with Crippen LogP contribution in [0.3, 0.4) is 0 Å². The minimum absolute atomic E-state index is 0. The smallest absolute Gasteiger partial charge is 0.324 e. The highest BCUT2D eigenvalue weighted by atomic mass is 35.5. The second-order valence-corrected chi connectivity index (χ2v) is 3.48. The molecule has 0 aromatic heterocycles. The molecule has 1 aromatic rings. The standard InChI is InChI=1S/C10H10F5N.ClH/c1-6(16)7-2-4-8(5-3-7)9(11,12)10(13,14)15;/h2-6H,16H2,1H3;1H. The Bertz CT molecular complexity index is 358. The van der Waals surface area contributed by atoms with Gasteiger partial charge in [-0.05, 0) is 12.5 Å². The van der Waals surface area contributed by atoms with Gasteiger partial charge in [0.1, 0.15) is 0 Å². The van der Waals surface area contributed by atoms with Crippen molar-refractivity contribution in [1.29, 1.82) is 0 Å². The highest BCUT2D eigenvalue weighted by Gasteiger charge is 2.58. The summed E-state index contributed by atoms with van der Waals surface area (Å²) in [4.78, 5) is 0. The van der Waals surface area contributed by atoms with Gasteiger partial charge in [0, 0.05) is 11.6 Å². The van der Waals surface area contributed by atoms with Crippen molar-refractivity contribution >= 4 is 12.4 Å². The van der Waals surface area contributed by atoms with Crippen LogP contribution >= 0.6 is 12.4 Å². The van der Waals surface area contributed by atoms with Crippen LogP contribution < -0.4 is 5.73 Å². The van der Waals surface area contributed by atoms with E-state index in [2.05, 4.69) is 0 Å². The summed E-state index contributed by atoms with van der Waals surface area (Å²) in [5.74, 6) is -4.83. The van der Waals surface area contributed by atoms with Crippen molar-refractivity contribution < 1.29 is 22.0 Å². The average Bonchev–Trinajstić information content (AvgIpc) is 2.16. The van der Waals surface area contributed by atoms with Gasteiger partial charge in [0.05, 0.1) is 0 Å².